The minimum Gasteiger partial charge on any atom is -0.481 e. The monoisotopic (exact) mass is 342 g/mol. The van der Waals surface area contributed by atoms with Crippen LogP contribution >= 0.6 is 0 Å². The standard InChI is InChI=1S/C18H22N4O3/c1-12(25-13-7-3-2-4-8-13)18(24)22-10-6-5-9-16(22)14-11-15(17(19)23)21-20-14/h2-4,7-8,11-12,16H,5-6,9-10H2,1H3,(H2,19,23)(H,20,21)/t12-,16-/m0/s1. The molecular formula is C18H22N4O3. The van der Waals surface area contributed by atoms with Crippen molar-refractivity contribution in [3.8, 4) is 5.75 Å². The molecule has 0 unspecified atom stereocenters. The largest absolute Gasteiger partial charge is 0.481 e. The first-order valence-corrected chi connectivity index (χ1v) is 8.43. The number of primary amides is 1. The fraction of sp³-hybridized carbons (Fsp3) is 0.389. The Labute approximate surface area is 146 Å². The molecule has 3 N–H and O–H groups in total. The van der Waals surface area contributed by atoms with Crippen LogP contribution in [0.5, 0.6) is 5.75 Å². The predicted molar refractivity (Wildman–Crippen MR) is 91.9 cm³/mol. The van der Waals surface area contributed by atoms with Crippen LogP contribution in [0.3, 0.4) is 0 Å². The average molecular weight is 342 g/mol. The van der Waals surface area contributed by atoms with Gasteiger partial charge in [0.1, 0.15) is 11.4 Å². The molecule has 132 valence electrons. The van der Waals surface area contributed by atoms with Gasteiger partial charge in [0.2, 0.25) is 0 Å². The van der Waals surface area contributed by atoms with Gasteiger partial charge in [-0.3, -0.25) is 14.7 Å². The number of carbonyl (C=O) groups is 2. The number of hydrogen-bond donors (Lipinski definition) is 2. The molecule has 1 saturated heterocycles. The zero-order valence-corrected chi connectivity index (χ0v) is 14.1. The summed E-state index contributed by atoms with van der Waals surface area (Å²) in [5.74, 6) is -0.00444. The number of nitrogens with one attached hydrogen (secondary N) is 1. The van der Waals surface area contributed by atoms with Crippen LogP contribution in [-0.4, -0.2) is 39.6 Å². The second-order valence-electron chi connectivity index (χ2n) is 6.19. The van der Waals surface area contributed by atoms with Crippen LogP contribution in [-0.2, 0) is 4.79 Å². The van der Waals surface area contributed by atoms with E-state index in [2.05, 4.69) is 10.2 Å². The highest BCUT2D eigenvalue weighted by Gasteiger charge is 2.32. The van der Waals surface area contributed by atoms with Crippen LogP contribution in [0.2, 0.25) is 0 Å². The number of aromatic amines is 1. The third-order valence-electron chi connectivity index (χ3n) is 4.40. The fourth-order valence-corrected chi connectivity index (χ4v) is 3.14. The van der Waals surface area contributed by atoms with Gasteiger partial charge in [0.05, 0.1) is 11.7 Å². The van der Waals surface area contributed by atoms with Crippen LogP contribution < -0.4 is 10.5 Å². The van der Waals surface area contributed by atoms with E-state index in [4.69, 9.17) is 10.5 Å². The van der Waals surface area contributed by atoms with Crippen LogP contribution in [0.15, 0.2) is 36.4 Å². The maximum atomic E-state index is 12.9. The van der Waals surface area contributed by atoms with Gasteiger partial charge in [-0.1, -0.05) is 18.2 Å². The molecule has 2 amide bonds. The third kappa shape index (κ3) is 3.81. The van der Waals surface area contributed by atoms with E-state index in [0.717, 1.165) is 25.0 Å². The van der Waals surface area contributed by atoms with Gasteiger partial charge in [-0.25, -0.2) is 0 Å². The van der Waals surface area contributed by atoms with Crippen molar-refractivity contribution in [3.05, 3.63) is 47.8 Å². The molecule has 0 radical (unpaired) electrons. The Kier molecular flexibility index (Phi) is 5.02. The minimum atomic E-state index is -0.596. The molecule has 1 aromatic heterocycles. The lowest BCUT2D eigenvalue weighted by atomic mass is 9.98. The van der Waals surface area contributed by atoms with Crippen LogP contribution in [0, 0.1) is 0 Å². The summed E-state index contributed by atoms with van der Waals surface area (Å²) in [5.41, 5.74) is 6.18. The zero-order valence-electron chi connectivity index (χ0n) is 14.1. The van der Waals surface area contributed by atoms with Crippen molar-refractivity contribution in [2.24, 2.45) is 5.73 Å². The van der Waals surface area contributed by atoms with Crippen LogP contribution in [0.1, 0.15) is 48.4 Å². The first-order valence-electron chi connectivity index (χ1n) is 8.43. The molecule has 0 saturated carbocycles. The smallest absolute Gasteiger partial charge is 0.269 e. The molecule has 1 fully saturated rings. The van der Waals surface area contributed by atoms with Crippen LogP contribution in [0.25, 0.3) is 0 Å². The number of ether oxygens (including phenoxy) is 1. The van der Waals surface area contributed by atoms with E-state index in [9.17, 15) is 9.59 Å². The van der Waals surface area contributed by atoms with Gasteiger partial charge in [-0.05, 0) is 44.4 Å². The number of hydrogen-bond acceptors (Lipinski definition) is 4. The molecule has 0 bridgehead atoms. The molecule has 2 aromatic rings. The van der Waals surface area contributed by atoms with Crippen molar-refractivity contribution in [1.29, 1.82) is 0 Å². The highest BCUT2D eigenvalue weighted by molar-refractivity contribution is 5.90. The zero-order chi connectivity index (χ0) is 17.8. The molecule has 2 atom stereocenters. The van der Waals surface area contributed by atoms with Gasteiger partial charge in [-0.15, -0.1) is 0 Å². The van der Waals surface area contributed by atoms with Gasteiger partial charge in [-0.2, -0.15) is 5.10 Å². The summed E-state index contributed by atoms with van der Waals surface area (Å²) in [6, 6.07) is 10.8. The van der Waals surface area contributed by atoms with E-state index >= 15 is 0 Å². The topological polar surface area (TPSA) is 101 Å². The Morgan fingerprint density at radius 1 is 1.32 bits per heavy atom. The Morgan fingerprint density at radius 3 is 2.76 bits per heavy atom. The van der Waals surface area contributed by atoms with Crippen molar-refractivity contribution in [3.63, 3.8) is 0 Å². The van der Waals surface area contributed by atoms with E-state index in [-0.39, 0.29) is 17.6 Å². The van der Waals surface area contributed by atoms with Crippen molar-refractivity contribution in [2.75, 3.05) is 6.54 Å². The molecule has 25 heavy (non-hydrogen) atoms. The number of nitrogens with zero attached hydrogens (tertiary/aromatic N) is 2. The number of aromatic nitrogens is 2. The van der Waals surface area contributed by atoms with E-state index in [1.807, 2.05) is 30.3 Å². The number of likely N-dealkylation sites (tertiary alicyclic amines) is 1. The van der Waals surface area contributed by atoms with Gasteiger partial charge in [0.15, 0.2) is 6.10 Å². The summed E-state index contributed by atoms with van der Waals surface area (Å²) < 4.78 is 5.77. The highest BCUT2D eigenvalue weighted by atomic mass is 16.5. The summed E-state index contributed by atoms with van der Waals surface area (Å²) in [4.78, 5) is 26.0. The maximum absolute atomic E-state index is 12.9. The summed E-state index contributed by atoms with van der Waals surface area (Å²) in [6.07, 6.45) is 2.16. The molecular weight excluding hydrogens is 320 g/mol. The number of benzene rings is 1. The lowest BCUT2D eigenvalue weighted by molar-refractivity contribution is -0.142. The SMILES string of the molecule is C[C@H](Oc1ccccc1)C(=O)N1CCCC[C@H]1c1cc(C(N)=O)n[nH]1. The molecule has 7 nitrogen and oxygen atoms in total. The summed E-state index contributed by atoms with van der Waals surface area (Å²) in [7, 11) is 0. The first-order chi connectivity index (χ1) is 12.1. The number of H-pyrrole nitrogens is 1. The van der Waals surface area contributed by atoms with Crippen molar-refractivity contribution in [2.45, 2.75) is 38.3 Å². The van der Waals surface area contributed by atoms with E-state index in [1.54, 1.807) is 17.9 Å². The lowest BCUT2D eigenvalue weighted by Gasteiger charge is -2.36. The Balaban J connectivity index is 1.75. The van der Waals surface area contributed by atoms with Gasteiger partial charge < -0.3 is 15.4 Å². The van der Waals surface area contributed by atoms with E-state index in [1.165, 1.54) is 0 Å². The molecule has 0 spiro atoms. The minimum absolute atomic E-state index is 0.0798. The average Bonchev–Trinajstić information content (AvgIpc) is 3.12. The van der Waals surface area contributed by atoms with Gasteiger partial charge in [0.25, 0.3) is 11.8 Å². The highest BCUT2D eigenvalue weighted by Crippen LogP contribution is 2.31. The van der Waals surface area contributed by atoms with Crippen LogP contribution in [0.4, 0.5) is 0 Å². The number of carbonyl (C=O) groups excluding carboxylic acids is 2. The van der Waals surface area contributed by atoms with Crippen molar-refractivity contribution in [1.82, 2.24) is 15.1 Å². The Bertz CT molecular complexity index is 744. The van der Waals surface area contributed by atoms with E-state index in [0.29, 0.717) is 12.3 Å². The molecule has 2 heterocycles. The summed E-state index contributed by atoms with van der Waals surface area (Å²) in [6.45, 7) is 2.40. The van der Waals surface area contributed by atoms with Crippen molar-refractivity contribution < 1.29 is 14.3 Å². The number of nitrogens with two attached hydrogens (primary N) is 1. The predicted octanol–water partition coefficient (Wildman–Crippen LogP) is 2.03. The molecule has 1 aliphatic rings. The molecule has 0 aliphatic carbocycles. The summed E-state index contributed by atoms with van der Waals surface area (Å²) in [5, 5.41) is 6.77. The lowest BCUT2D eigenvalue weighted by Crippen LogP contribution is -2.45. The second kappa shape index (κ2) is 7.38. The fourth-order valence-electron chi connectivity index (χ4n) is 3.14. The molecule has 1 aliphatic heterocycles. The Morgan fingerprint density at radius 2 is 2.08 bits per heavy atom. The number of rotatable bonds is 5. The normalized spacial score (nSPS) is 18.6. The first kappa shape index (κ1) is 17.0. The quantitative estimate of drug-likeness (QED) is 0.868. The summed E-state index contributed by atoms with van der Waals surface area (Å²) >= 11 is 0. The molecule has 3 rings (SSSR count). The third-order valence-corrected chi connectivity index (χ3v) is 4.40. The van der Waals surface area contributed by atoms with Gasteiger partial charge >= 0.3 is 0 Å². The maximum Gasteiger partial charge on any atom is 0.269 e. The number of para-hydroxylation sites is 1. The van der Waals surface area contributed by atoms with E-state index < -0.39 is 12.0 Å². The second-order valence-corrected chi connectivity index (χ2v) is 6.19. The number of amides is 2. The number of piperidine rings is 1. The Hall–Kier alpha value is -2.83. The van der Waals surface area contributed by atoms with Crippen molar-refractivity contribution >= 4 is 11.8 Å². The molecule has 7 heteroatoms. The molecule has 1 aromatic carbocycles. The van der Waals surface area contributed by atoms with Gasteiger partial charge in [0, 0.05) is 6.54 Å².